The lowest BCUT2D eigenvalue weighted by Crippen LogP contribution is -2.52. The third-order valence-electron chi connectivity index (χ3n) is 7.78. The minimum absolute atomic E-state index is 0.0549. The van der Waals surface area contributed by atoms with Crippen molar-refractivity contribution in [1.29, 1.82) is 0 Å². The van der Waals surface area contributed by atoms with E-state index < -0.39 is 6.04 Å². The van der Waals surface area contributed by atoms with E-state index >= 15 is 0 Å². The molecule has 2 aromatic heterocycles. The molecular weight excluding hydrogens is 538 g/mol. The quantitative estimate of drug-likeness (QED) is 0.247. The molecule has 5 aromatic rings. The molecule has 9 nitrogen and oxygen atoms in total. The van der Waals surface area contributed by atoms with Crippen LogP contribution in [0.5, 0.6) is 0 Å². The number of fused-ring (bicyclic) bond motifs is 1. The number of amides is 2. The average molecular weight is 572 g/mol. The second kappa shape index (κ2) is 12.7. The molecule has 0 N–H and O–H groups in total. The molecule has 0 bridgehead atoms. The molecule has 3 aromatic carbocycles. The second-order valence-corrected chi connectivity index (χ2v) is 10.7. The number of nitrogens with zero attached hydrogens (tertiary/aromatic N) is 7. The van der Waals surface area contributed by atoms with E-state index in [1.807, 2.05) is 84.9 Å². The van der Waals surface area contributed by atoms with Crippen molar-refractivity contribution in [2.45, 2.75) is 32.0 Å². The summed E-state index contributed by atoms with van der Waals surface area (Å²) in [4.78, 5) is 32.0. The van der Waals surface area contributed by atoms with Crippen LogP contribution in [-0.4, -0.2) is 59.0 Å². The van der Waals surface area contributed by atoms with Gasteiger partial charge in [-0.05, 0) is 46.9 Å². The smallest absolute Gasteiger partial charge is 0.247 e. The molecule has 0 radical (unpaired) electrons. The van der Waals surface area contributed by atoms with Gasteiger partial charge in [0.15, 0.2) is 0 Å². The van der Waals surface area contributed by atoms with Gasteiger partial charge in [-0.3, -0.25) is 14.3 Å². The number of hydrogen-bond acceptors (Lipinski definition) is 5. The summed E-state index contributed by atoms with van der Waals surface area (Å²) in [5.74, 6) is -0.295. The van der Waals surface area contributed by atoms with Gasteiger partial charge >= 0.3 is 0 Å². The van der Waals surface area contributed by atoms with Gasteiger partial charge in [0.05, 0.1) is 24.3 Å². The van der Waals surface area contributed by atoms with E-state index in [2.05, 4.69) is 27.5 Å². The normalized spacial score (nSPS) is 13.6. The second-order valence-electron chi connectivity index (χ2n) is 10.7. The summed E-state index contributed by atoms with van der Waals surface area (Å²) in [6.07, 6.45) is 11.4. The first-order valence-corrected chi connectivity index (χ1v) is 14.4. The van der Waals surface area contributed by atoms with E-state index in [0.29, 0.717) is 19.5 Å². The zero-order valence-corrected chi connectivity index (χ0v) is 24.0. The number of aromatic nitrogens is 5. The van der Waals surface area contributed by atoms with E-state index in [-0.39, 0.29) is 18.4 Å². The van der Waals surface area contributed by atoms with Gasteiger partial charge in [-0.25, -0.2) is 4.68 Å². The molecule has 1 aliphatic heterocycles. The SMILES string of the molecule is Cn1cc(C=CC(=O)N(Cc2ccc(-n3ccnn3)cc2)[C@@H](Cc2ccccc2)C(=O)N2CCc3ccccc3C2)cn1. The van der Waals surface area contributed by atoms with Crippen LogP contribution >= 0.6 is 0 Å². The maximum Gasteiger partial charge on any atom is 0.247 e. The molecule has 9 heteroatoms. The molecule has 0 saturated heterocycles. The standard InChI is InChI=1S/C34H33N7O2/c1-38-23-28(22-36-38)13-16-33(42)40(24-27-11-14-31(15-12-27)41-20-18-35-37-41)32(21-26-7-3-2-4-8-26)34(43)39-19-17-29-9-5-6-10-30(29)25-39/h2-16,18,20,22-23,32H,17,19,21,24-25H2,1H3/t32-/m0/s1. The van der Waals surface area contributed by atoms with Gasteiger partial charge in [0.1, 0.15) is 6.04 Å². The first-order chi connectivity index (χ1) is 21.0. The van der Waals surface area contributed by atoms with Gasteiger partial charge in [0.25, 0.3) is 0 Å². The van der Waals surface area contributed by atoms with Crippen LogP contribution in [0.25, 0.3) is 11.8 Å². The lowest BCUT2D eigenvalue weighted by atomic mass is 9.97. The Hall–Kier alpha value is -5.31. The van der Waals surface area contributed by atoms with Gasteiger partial charge in [0.2, 0.25) is 11.8 Å². The number of rotatable bonds is 9. The number of benzene rings is 3. The topological polar surface area (TPSA) is 89.2 Å². The van der Waals surface area contributed by atoms with Crippen molar-refractivity contribution in [3.05, 3.63) is 138 Å². The molecular formula is C34H33N7O2. The largest absolute Gasteiger partial charge is 0.336 e. The molecule has 1 atom stereocenters. The Morgan fingerprint density at radius 2 is 1.72 bits per heavy atom. The fourth-order valence-electron chi connectivity index (χ4n) is 5.49. The molecule has 0 spiro atoms. The van der Waals surface area contributed by atoms with E-state index in [0.717, 1.165) is 34.4 Å². The van der Waals surface area contributed by atoms with Crippen molar-refractivity contribution < 1.29 is 9.59 Å². The Kier molecular flexibility index (Phi) is 8.21. The zero-order valence-electron chi connectivity index (χ0n) is 24.0. The fourth-order valence-corrected chi connectivity index (χ4v) is 5.49. The summed E-state index contributed by atoms with van der Waals surface area (Å²) < 4.78 is 3.37. The summed E-state index contributed by atoms with van der Waals surface area (Å²) in [6.45, 7) is 1.41. The lowest BCUT2D eigenvalue weighted by Gasteiger charge is -2.37. The van der Waals surface area contributed by atoms with Crippen LogP contribution in [-0.2, 0) is 42.6 Å². The number of carbonyl (C=O) groups excluding carboxylic acids is 2. The van der Waals surface area contributed by atoms with Crippen molar-refractivity contribution in [1.82, 2.24) is 34.6 Å². The fraction of sp³-hybridized carbons (Fsp3) is 0.206. The highest BCUT2D eigenvalue weighted by Crippen LogP contribution is 2.23. The van der Waals surface area contributed by atoms with Crippen molar-refractivity contribution in [2.75, 3.05) is 6.54 Å². The first-order valence-electron chi connectivity index (χ1n) is 14.4. The highest BCUT2D eigenvalue weighted by molar-refractivity contribution is 5.95. The Morgan fingerprint density at radius 3 is 2.44 bits per heavy atom. The summed E-state index contributed by atoms with van der Waals surface area (Å²) in [7, 11) is 1.83. The van der Waals surface area contributed by atoms with Crippen LogP contribution in [0.2, 0.25) is 0 Å². The van der Waals surface area contributed by atoms with Crippen LogP contribution in [0.1, 0.15) is 27.8 Å². The average Bonchev–Trinajstić information content (AvgIpc) is 3.74. The lowest BCUT2D eigenvalue weighted by molar-refractivity contribution is -0.144. The zero-order chi connectivity index (χ0) is 29.6. The molecule has 216 valence electrons. The van der Waals surface area contributed by atoms with Crippen LogP contribution in [0.3, 0.4) is 0 Å². The molecule has 1 aliphatic rings. The van der Waals surface area contributed by atoms with Gasteiger partial charge in [-0.1, -0.05) is 71.9 Å². The summed E-state index contributed by atoms with van der Waals surface area (Å²) in [5.41, 5.74) is 5.99. The van der Waals surface area contributed by atoms with Crippen molar-refractivity contribution in [3.63, 3.8) is 0 Å². The maximum absolute atomic E-state index is 14.4. The van der Waals surface area contributed by atoms with Crippen LogP contribution < -0.4 is 0 Å². The molecule has 6 rings (SSSR count). The summed E-state index contributed by atoms with van der Waals surface area (Å²) in [5, 5.41) is 12.2. The Bertz CT molecular complexity index is 1710. The maximum atomic E-state index is 14.4. The van der Waals surface area contributed by atoms with Gasteiger partial charge in [-0.2, -0.15) is 5.10 Å². The van der Waals surface area contributed by atoms with Crippen LogP contribution in [0, 0.1) is 0 Å². The summed E-state index contributed by atoms with van der Waals surface area (Å²) >= 11 is 0. The Balaban J connectivity index is 1.34. The van der Waals surface area contributed by atoms with Crippen LogP contribution in [0.4, 0.5) is 0 Å². The highest BCUT2D eigenvalue weighted by atomic mass is 16.2. The van der Waals surface area contributed by atoms with E-state index in [9.17, 15) is 9.59 Å². The van der Waals surface area contributed by atoms with E-state index in [1.165, 1.54) is 11.6 Å². The number of hydrogen-bond donors (Lipinski definition) is 0. The molecule has 0 saturated carbocycles. The first kappa shape index (κ1) is 27.8. The van der Waals surface area contributed by atoms with Crippen LogP contribution in [0.15, 0.2) is 110 Å². The minimum Gasteiger partial charge on any atom is -0.336 e. The number of aryl methyl sites for hydroxylation is 1. The monoisotopic (exact) mass is 571 g/mol. The Morgan fingerprint density at radius 1 is 0.953 bits per heavy atom. The molecule has 2 amide bonds. The van der Waals surface area contributed by atoms with Crippen molar-refractivity contribution in [3.8, 4) is 5.69 Å². The predicted molar refractivity (Wildman–Crippen MR) is 164 cm³/mol. The van der Waals surface area contributed by atoms with Crippen molar-refractivity contribution in [2.24, 2.45) is 7.05 Å². The van der Waals surface area contributed by atoms with E-state index in [1.54, 1.807) is 38.9 Å². The molecule has 0 fully saturated rings. The van der Waals surface area contributed by atoms with Gasteiger partial charge in [0, 0.05) is 50.9 Å². The predicted octanol–water partition coefficient (Wildman–Crippen LogP) is 4.24. The summed E-state index contributed by atoms with van der Waals surface area (Å²) in [6, 6.07) is 25.3. The third-order valence-corrected chi connectivity index (χ3v) is 7.78. The molecule has 0 unspecified atom stereocenters. The minimum atomic E-state index is -0.700. The third kappa shape index (κ3) is 6.62. The number of carbonyl (C=O) groups is 2. The molecule has 3 heterocycles. The molecule has 0 aliphatic carbocycles. The van der Waals surface area contributed by atoms with E-state index in [4.69, 9.17) is 0 Å². The van der Waals surface area contributed by atoms with Gasteiger partial charge in [-0.15, -0.1) is 5.10 Å². The molecule has 43 heavy (non-hydrogen) atoms. The Labute approximate surface area is 250 Å². The van der Waals surface area contributed by atoms with Gasteiger partial charge < -0.3 is 9.80 Å². The van der Waals surface area contributed by atoms with Crippen molar-refractivity contribution >= 4 is 17.9 Å². The highest BCUT2D eigenvalue weighted by Gasteiger charge is 2.34.